The van der Waals surface area contributed by atoms with Crippen molar-refractivity contribution in [1.82, 2.24) is 10.2 Å². The van der Waals surface area contributed by atoms with E-state index < -0.39 is 35.2 Å². The number of esters is 1. The first-order chi connectivity index (χ1) is 17.7. The Hall–Kier alpha value is -3.17. The summed E-state index contributed by atoms with van der Waals surface area (Å²) < 4.78 is 5.26. The average Bonchev–Trinajstić information content (AvgIpc) is 2.90. The first-order valence-corrected chi connectivity index (χ1v) is 13.4. The molecular weight excluding hydrogens is 561 g/mol. The van der Waals surface area contributed by atoms with E-state index in [-0.39, 0.29) is 34.9 Å². The van der Waals surface area contributed by atoms with Crippen LogP contribution in [0.25, 0.3) is 0 Å². The molecule has 13 heteroatoms. The number of nitrogens with zero attached hydrogens (tertiary/aromatic N) is 2. The number of thioether (sulfide) groups is 2. The molecule has 4 rings (SSSR count). The highest BCUT2D eigenvalue weighted by Gasteiger charge is 2.54. The van der Waals surface area contributed by atoms with E-state index in [2.05, 4.69) is 5.32 Å². The van der Waals surface area contributed by atoms with Crippen molar-refractivity contribution in [3.63, 3.8) is 0 Å². The van der Waals surface area contributed by atoms with Gasteiger partial charge in [0.2, 0.25) is 5.91 Å². The van der Waals surface area contributed by atoms with Crippen LogP contribution >= 0.6 is 46.7 Å². The second kappa shape index (κ2) is 11.5. The molecule has 0 saturated carbocycles. The molecule has 2 aliphatic rings. The number of nitrogens with one attached hydrogen (secondary N) is 1. The minimum absolute atomic E-state index is 0.0145. The molecule has 1 saturated heterocycles. The first kappa shape index (κ1) is 26.9. The molecule has 2 heterocycles. The average molecular weight is 578 g/mol. The molecule has 2 amide bonds. The summed E-state index contributed by atoms with van der Waals surface area (Å²) in [4.78, 5) is 51.3. The molecule has 1 fully saturated rings. The number of halogens is 2. The van der Waals surface area contributed by atoms with Crippen molar-refractivity contribution in [2.45, 2.75) is 16.3 Å². The Morgan fingerprint density at radius 1 is 1.22 bits per heavy atom. The molecule has 0 spiro atoms. The van der Waals surface area contributed by atoms with E-state index in [1.165, 1.54) is 36.0 Å². The van der Waals surface area contributed by atoms with Gasteiger partial charge in [0.15, 0.2) is 0 Å². The van der Waals surface area contributed by atoms with Gasteiger partial charge in [-0.1, -0.05) is 23.2 Å². The van der Waals surface area contributed by atoms with Crippen molar-refractivity contribution in [2.75, 3.05) is 18.1 Å². The number of carbonyl (C=O) groups excluding carboxylic acids is 3. The predicted octanol–water partition coefficient (Wildman–Crippen LogP) is 3.55. The number of hydrogen-bond donors (Lipinski definition) is 2. The standard InChI is InChI=1S/C24H17Cl2N3O6S2/c25-15-5-6-16(26)17(7-15)36-11-18(30)28-19-21(31)29-20(23(32)33)14(10-37-22(19)29)9-35-24(34)13-3-1-12(8-27)2-4-13/h1-7,19,22H,9-11H2,(H,28,30)(H,32,33)/t19-,22?/m1/s1. The van der Waals surface area contributed by atoms with Crippen LogP contribution in [0.1, 0.15) is 15.9 Å². The number of carbonyl (C=O) groups is 4. The number of amides is 2. The predicted molar refractivity (Wildman–Crippen MR) is 138 cm³/mol. The van der Waals surface area contributed by atoms with E-state index in [0.29, 0.717) is 20.5 Å². The molecule has 0 aliphatic carbocycles. The summed E-state index contributed by atoms with van der Waals surface area (Å²) in [5.74, 6) is -2.83. The van der Waals surface area contributed by atoms with Gasteiger partial charge < -0.3 is 15.2 Å². The molecule has 37 heavy (non-hydrogen) atoms. The number of benzene rings is 2. The number of aliphatic carboxylic acids is 1. The van der Waals surface area contributed by atoms with Crippen LogP contribution in [0.4, 0.5) is 0 Å². The Morgan fingerprint density at radius 2 is 1.95 bits per heavy atom. The number of ether oxygens (including phenoxy) is 1. The number of nitriles is 1. The molecule has 9 nitrogen and oxygen atoms in total. The molecule has 2 aromatic rings. The summed E-state index contributed by atoms with van der Waals surface area (Å²) in [6, 6.07) is 11.7. The molecule has 0 radical (unpaired) electrons. The third-order valence-electron chi connectivity index (χ3n) is 5.45. The van der Waals surface area contributed by atoms with E-state index in [1.807, 2.05) is 6.07 Å². The normalized spacial score (nSPS) is 18.4. The van der Waals surface area contributed by atoms with Crippen LogP contribution in [0, 0.1) is 11.3 Å². The number of carboxylic acids is 1. The summed E-state index contributed by atoms with van der Waals surface area (Å²) in [5, 5.41) is 21.6. The Kier molecular flexibility index (Phi) is 8.34. The quantitative estimate of drug-likeness (QED) is 0.274. The Balaban J connectivity index is 1.38. The lowest BCUT2D eigenvalue weighted by molar-refractivity contribution is -0.150. The Morgan fingerprint density at radius 3 is 2.62 bits per heavy atom. The zero-order valence-electron chi connectivity index (χ0n) is 18.8. The highest BCUT2D eigenvalue weighted by Crippen LogP contribution is 2.40. The minimum Gasteiger partial charge on any atom is -0.477 e. The fourth-order valence-electron chi connectivity index (χ4n) is 3.66. The number of rotatable bonds is 8. The zero-order chi connectivity index (χ0) is 26.7. The van der Waals surface area contributed by atoms with Gasteiger partial charge in [0.05, 0.1) is 28.0 Å². The lowest BCUT2D eigenvalue weighted by Crippen LogP contribution is -2.70. The van der Waals surface area contributed by atoms with Crippen molar-refractivity contribution in [3.05, 3.63) is 74.9 Å². The number of carboxylic acid groups (broad SMARTS) is 1. The Labute approximate surface area is 229 Å². The number of hydrogen-bond acceptors (Lipinski definition) is 8. The fraction of sp³-hybridized carbons (Fsp3) is 0.208. The van der Waals surface area contributed by atoms with Gasteiger partial charge in [0, 0.05) is 21.2 Å². The van der Waals surface area contributed by atoms with Crippen molar-refractivity contribution >= 4 is 70.5 Å². The van der Waals surface area contributed by atoms with Crippen LogP contribution in [-0.4, -0.2) is 63.3 Å². The maximum absolute atomic E-state index is 12.8. The summed E-state index contributed by atoms with van der Waals surface area (Å²) in [6.07, 6.45) is 0. The van der Waals surface area contributed by atoms with Gasteiger partial charge in [-0.2, -0.15) is 5.26 Å². The van der Waals surface area contributed by atoms with E-state index in [4.69, 9.17) is 33.2 Å². The van der Waals surface area contributed by atoms with Crippen molar-refractivity contribution in [1.29, 1.82) is 5.26 Å². The SMILES string of the molecule is N#Cc1ccc(C(=O)OCC2=C(C(=O)O)N3C(=O)[C@@H](NC(=O)CSc4cc(Cl)ccc4Cl)C3SC2)cc1. The van der Waals surface area contributed by atoms with Crippen LogP contribution in [0.5, 0.6) is 0 Å². The molecule has 1 unspecified atom stereocenters. The topological polar surface area (TPSA) is 137 Å². The van der Waals surface area contributed by atoms with Crippen molar-refractivity contribution in [2.24, 2.45) is 0 Å². The highest BCUT2D eigenvalue weighted by molar-refractivity contribution is 8.00. The smallest absolute Gasteiger partial charge is 0.352 e. The molecule has 0 bridgehead atoms. The lowest BCUT2D eigenvalue weighted by Gasteiger charge is -2.49. The van der Waals surface area contributed by atoms with Crippen LogP contribution in [0.2, 0.25) is 10.0 Å². The Bertz CT molecular complexity index is 1360. The first-order valence-electron chi connectivity index (χ1n) is 10.6. The minimum atomic E-state index is -1.33. The largest absolute Gasteiger partial charge is 0.477 e. The molecule has 2 N–H and O–H groups in total. The van der Waals surface area contributed by atoms with E-state index in [0.717, 1.165) is 16.7 Å². The van der Waals surface area contributed by atoms with Gasteiger partial charge in [-0.15, -0.1) is 23.5 Å². The van der Waals surface area contributed by atoms with E-state index in [1.54, 1.807) is 18.2 Å². The van der Waals surface area contributed by atoms with Gasteiger partial charge in [-0.05, 0) is 42.5 Å². The monoisotopic (exact) mass is 577 g/mol. The summed E-state index contributed by atoms with van der Waals surface area (Å²) >= 11 is 14.5. The molecular formula is C24H17Cl2N3O6S2. The van der Waals surface area contributed by atoms with Crippen molar-refractivity contribution in [3.8, 4) is 6.07 Å². The highest BCUT2D eigenvalue weighted by atomic mass is 35.5. The molecule has 0 aromatic heterocycles. The maximum atomic E-state index is 12.8. The summed E-state index contributed by atoms with van der Waals surface area (Å²) in [5.41, 5.74) is 0.594. The lowest BCUT2D eigenvalue weighted by atomic mass is 10.0. The zero-order valence-corrected chi connectivity index (χ0v) is 21.9. The van der Waals surface area contributed by atoms with Crippen LogP contribution < -0.4 is 5.32 Å². The molecule has 2 aromatic carbocycles. The summed E-state index contributed by atoms with van der Waals surface area (Å²) in [6.45, 7) is -0.321. The van der Waals surface area contributed by atoms with Gasteiger partial charge in [0.1, 0.15) is 23.7 Å². The molecule has 2 atom stereocenters. The maximum Gasteiger partial charge on any atom is 0.352 e. The molecule has 190 valence electrons. The van der Waals surface area contributed by atoms with Gasteiger partial charge in [-0.3, -0.25) is 14.5 Å². The fourth-order valence-corrected chi connectivity index (χ4v) is 6.29. The molecule has 2 aliphatic heterocycles. The summed E-state index contributed by atoms with van der Waals surface area (Å²) in [7, 11) is 0. The third kappa shape index (κ3) is 5.88. The van der Waals surface area contributed by atoms with Gasteiger partial charge >= 0.3 is 11.9 Å². The van der Waals surface area contributed by atoms with Crippen LogP contribution in [-0.2, 0) is 19.1 Å². The van der Waals surface area contributed by atoms with Crippen LogP contribution in [0.15, 0.2) is 58.6 Å². The van der Waals surface area contributed by atoms with Crippen LogP contribution in [0.3, 0.4) is 0 Å². The second-order valence-electron chi connectivity index (χ2n) is 7.84. The van der Waals surface area contributed by atoms with Gasteiger partial charge in [-0.25, -0.2) is 9.59 Å². The van der Waals surface area contributed by atoms with E-state index in [9.17, 15) is 24.3 Å². The van der Waals surface area contributed by atoms with Crippen molar-refractivity contribution < 1.29 is 29.0 Å². The van der Waals surface area contributed by atoms with E-state index >= 15 is 0 Å². The third-order valence-corrected chi connectivity index (χ3v) is 8.52. The van der Waals surface area contributed by atoms with Gasteiger partial charge in [0.25, 0.3) is 5.91 Å². The second-order valence-corrected chi connectivity index (χ2v) is 10.8. The number of fused-ring (bicyclic) bond motifs is 1. The number of β-lactam (4-membered cyclic amide) rings is 1.